The maximum Gasteiger partial charge on any atom is 0.410 e. The molecule has 1 amide bonds. The van der Waals surface area contributed by atoms with Crippen molar-refractivity contribution >= 4 is 18.0 Å². The van der Waals surface area contributed by atoms with Crippen molar-refractivity contribution in [2.24, 2.45) is 0 Å². The molecule has 0 aliphatic rings. The zero-order valence-electron chi connectivity index (χ0n) is 13.4. The highest BCUT2D eigenvalue weighted by molar-refractivity contribution is 5.79. The SMILES string of the molecule is CCCCOC(=O)N(CC(=O)OC)C(C)(C)CC(=O)OC. The quantitative estimate of drug-likeness (QED) is 0.386. The van der Waals surface area contributed by atoms with Crippen LogP contribution in [0.1, 0.15) is 40.0 Å². The van der Waals surface area contributed by atoms with Gasteiger partial charge in [0.2, 0.25) is 0 Å². The number of ether oxygens (including phenoxy) is 3. The lowest BCUT2D eigenvalue weighted by molar-refractivity contribution is -0.147. The van der Waals surface area contributed by atoms with Gasteiger partial charge < -0.3 is 14.2 Å². The molecule has 0 unspecified atom stereocenters. The van der Waals surface area contributed by atoms with Gasteiger partial charge in [0.25, 0.3) is 0 Å². The van der Waals surface area contributed by atoms with Gasteiger partial charge in [0.05, 0.1) is 32.8 Å². The van der Waals surface area contributed by atoms with Gasteiger partial charge in [-0.3, -0.25) is 14.5 Å². The minimum atomic E-state index is -0.926. The molecule has 0 radical (unpaired) electrons. The molecule has 122 valence electrons. The maximum atomic E-state index is 12.1. The van der Waals surface area contributed by atoms with E-state index in [9.17, 15) is 14.4 Å². The zero-order chi connectivity index (χ0) is 16.5. The zero-order valence-corrected chi connectivity index (χ0v) is 13.4. The molecular formula is C14H25NO6. The smallest absolute Gasteiger partial charge is 0.410 e. The van der Waals surface area contributed by atoms with Crippen LogP contribution in [0.25, 0.3) is 0 Å². The standard InChI is InChI=1S/C14H25NO6/c1-6-7-8-21-13(18)15(10-12(17)20-5)14(2,3)9-11(16)19-4/h6-10H2,1-5H3. The second-order valence-corrected chi connectivity index (χ2v) is 5.20. The molecule has 0 rings (SSSR count). The van der Waals surface area contributed by atoms with Crippen molar-refractivity contribution in [1.29, 1.82) is 0 Å². The van der Waals surface area contributed by atoms with Gasteiger partial charge in [-0.15, -0.1) is 0 Å². The van der Waals surface area contributed by atoms with E-state index in [1.54, 1.807) is 13.8 Å². The van der Waals surface area contributed by atoms with E-state index >= 15 is 0 Å². The topological polar surface area (TPSA) is 82.1 Å². The second kappa shape index (κ2) is 9.20. The van der Waals surface area contributed by atoms with E-state index in [2.05, 4.69) is 9.47 Å². The van der Waals surface area contributed by atoms with Crippen LogP contribution >= 0.6 is 0 Å². The van der Waals surface area contributed by atoms with Gasteiger partial charge in [-0.2, -0.15) is 0 Å². The molecule has 21 heavy (non-hydrogen) atoms. The van der Waals surface area contributed by atoms with Gasteiger partial charge in [0.15, 0.2) is 0 Å². The average Bonchev–Trinajstić information content (AvgIpc) is 2.43. The first kappa shape index (κ1) is 19.2. The first-order valence-electron chi connectivity index (χ1n) is 6.86. The van der Waals surface area contributed by atoms with Crippen molar-refractivity contribution < 1.29 is 28.6 Å². The molecule has 0 atom stereocenters. The molecular weight excluding hydrogens is 278 g/mol. The highest BCUT2D eigenvalue weighted by Gasteiger charge is 2.36. The Morgan fingerprint density at radius 3 is 2.10 bits per heavy atom. The second-order valence-electron chi connectivity index (χ2n) is 5.20. The lowest BCUT2D eigenvalue weighted by atomic mass is 9.98. The average molecular weight is 303 g/mol. The Bertz CT molecular complexity index is 366. The number of rotatable bonds is 8. The molecule has 7 nitrogen and oxygen atoms in total. The summed E-state index contributed by atoms with van der Waals surface area (Å²) in [6.45, 7) is 5.27. The molecule has 0 bridgehead atoms. The number of hydrogen-bond acceptors (Lipinski definition) is 6. The minimum absolute atomic E-state index is 0.0522. The number of nitrogens with zero attached hydrogens (tertiary/aromatic N) is 1. The van der Waals surface area contributed by atoms with Gasteiger partial charge in [-0.1, -0.05) is 13.3 Å². The van der Waals surface area contributed by atoms with Crippen LogP contribution in [0.5, 0.6) is 0 Å². The summed E-state index contributed by atoms with van der Waals surface area (Å²) in [5.74, 6) is -1.06. The molecule has 0 aromatic carbocycles. The Kier molecular flexibility index (Phi) is 8.42. The Labute approximate surface area is 125 Å². The molecule has 0 spiro atoms. The summed E-state index contributed by atoms with van der Waals surface area (Å²) in [6.07, 6.45) is 0.914. The highest BCUT2D eigenvalue weighted by Crippen LogP contribution is 2.21. The Hall–Kier alpha value is -1.79. The summed E-state index contributed by atoms with van der Waals surface area (Å²) < 4.78 is 14.3. The van der Waals surface area contributed by atoms with E-state index in [-0.39, 0.29) is 19.6 Å². The first-order chi connectivity index (χ1) is 9.78. The van der Waals surface area contributed by atoms with Crippen molar-refractivity contribution in [2.45, 2.75) is 45.6 Å². The number of hydrogen-bond donors (Lipinski definition) is 0. The van der Waals surface area contributed by atoms with Crippen molar-refractivity contribution in [2.75, 3.05) is 27.4 Å². The molecule has 0 aliphatic heterocycles. The predicted molar refractivity (Wildman–Crippen MR) is 75.7 cm³/mol. The van der Waals surface area contributed by atoms with Crippen molar-refractivity contribution in [3.8, 4) is 0 Å². The number of amides is 1. The molecule has 0 aliphatic carbocycles. The van der Waals surface area contributed by atoms with Crippen LogP contribution in [-0.2, 0) is 23.8 Å². The fourth-order valence-electron chi connectivity index (χ4n) is 1.62. The number of carbonyl (C=O) groups is 3. The van der Waals surface area contributed by atoms with Gasteiger partial charge in [-0.05, 0) is 20.3 Å². The minimum Gasteiger partial charge on any atom is -0.469 e. The molecule has 0 heterocycles. The van der Waals surface area contributed by atoms with E-state index in [1.807, 2.05) is 6.92 Å². The summed E-state index contributed by atoms with van der Waals surface area (Å²) >= 11 is 0. The maximum absolute atomic E-state index is 12.1. The van der Waals surface area contributed by atoms with Gasteiger partial charge in [0, 0.05) is 0 Å². The van der Waals surface area contributed by atoms with E-state index in [1.165, 1.54) is 19.1 Å². The van der Waals surface area contributed by atoms with Crippen LogP contribution < -0.4 is 0 Å². The van der Waals surface area contributed by atoms with Crippen LogP contribution in [-0.4, -0.2) is 55.8 Å². The van der Waals surface area contributed by atoms with Crippen LogP contribution in [0.4, 0.5) is 4.79 Å². The molecule has 0 fully saturated rings. The van der Waals surface area contributed by atoms with Crippen LogP contribution in [0, 0.1) is 0 Å². The first-order valence-corrected chi connectivity index (χ1v) is 6.86. The number of unbranched alkanes of at least 4 members (excludes halogenated alkanes) is 1. The van der Waals surface area contributed by atoms with Gasteiger partial charge in [-0.25, -0.2) is 4.79 Å². The third kappa shape index (κ3) is 6.97. The Balaban J connectivity index is 4.97. The fraction of sp³-hybridized carbons (Fsp3) is 0.786. The molecule has 0 aromatic rings. The number of esters is 2. The normalized spacial score (nSPS) is 10.7. The van der Waals surface area contributed by atoms with Crippen LogP contribution in [0.15, 0.2) is 0 Å². The molecule has 0 saturated carbocycles. The lowest BCUT2D eigenvalue weighted by Crippen LogP contribution is -2.51. The summed E-state index contributed by atoms with van der Waals surface area (Å²) in [6, 6.07) is 0. The molecule has 0 aromatic heterocycles. The van der Waals surface area contributed by atoms with Crippen LogP contribution in [0.3, 0.4) is 0 Å². The largest absolute Gasteiger partial charge is 0.469 e. The van der Waals surface area contributed by atoms with E-state index in [0.717, 1.165) is 12.8 Å². The Morgan fingerprint density at radius 2 is 1.62 bits per heavy atom. The van der Waals surface area contributed by atoms with E-state index in [0.29, 0.717) is 0 Å². The number of carbonyl (C=O) groups excluding carboxylic acids is 3. The summed E-state index contributed by atoms with van der Waals surface area (Å²) in [4.78, 5) is 36.2. The molecule has 0 saturated heterocycles. The van der Waals surface area contributed by atoms with Gasteiger partial charge in [0.1, 0.15) is 6.54 Å². The van der Waals surface area contributed by atoms with Crippen LogP contribution in [0.2, 0.25) is 0 Å². The highest BCUT2D eigenvalue weighted by atomic mass is 16.6. The molecule has 7 heteroatoms. The third-order valence-electron chi connectivity index (χ3n) is 2.99. The summed E-state index contributed by atoms with van der Waals surface area (Å²) in [5.41, 5.74) is -0.926. The van der Waals surface area contributed by atoms with Crippen molar-refractivity contribution in [1.82, 2.24) is 4.90 Å². The molecule has 0 N–H and O–H groups in total. The van der Waals surface area contributed by atoms with E-state index < -0.39 is 23.6 Å². The predicted octanol–water partition coefficient (Wildman–Crippen LogP) is 1.74. The van der Waals surface area contributed by atoms with Crippen molar-refractivity contribution in [3.63, 3.8) is 0 Å². The number of methoxy groups -OCH3 is 2. The summed E-state index contributed by atoms with van der Waals surface area (Å²) in [7, 11) is 2.50. The van der Waals surface area contributed by atoms with Gasteiger partial charge >= 0.3 is 18.0 Å². The Morgan fingerprint density at radius 1 is 1.05 bits per heavy atom. The van der Waals surface area contributed by atoms with Crippen molar-refractivity contribution in [3.05, 3.63) is 0 Å². The lowest BCUT2D eigenvalue weighted by Gasteiger charge is -2.36. The summed E-state index contributed by atoms with van der Waals surface area (Å²) in [5, 5.41) is 0. The monoisotopic (exact) mass is 303 g/mol. The third-order valence-corrected chi connectivity index (χ3v) is 2.99. The fourth-order valence-corrected chi connectivity index (χ4v) is 1.62. The van der Waals surface area contributed by atoms with E-state index in [4.69, 9.17) is 4.74 Å².